The van der Waals surface area contributed by atoms with Gasteiger partial charge in [0, 0.05) is 6.54 Å². The fourth-order valence-corrected chi connectivity index (χ4v) is 2.49. The van der Waals surface area contributed by atoms with Crippen molar-refractivity contribution in [3.05, 3.63) is 59.2 Å². The summed E-state index contributed by atoms with van der Waals surface area (Å²) < 4.78 is 15.6. The molecule has 6 heteroatoms. The fourth-order valence-electron chi connectivity index (χ4n) is 2.49. The molecule has 0 fully saturated rings. The van der Waals surface area contributed by atoms with Gasteiger partial charge in [0.15, 0.2) is 17.6 Å². The first-order valence-electron chi connectivity index (χ1n) is 8.66. The highest BCUT2D eigenvalue weighted by Crippen LogP contribution is 2.27. The highest BCUT2D eigenvalue weighted by molar-refractivity contribution is 5.83. The van der Waals surface area contributed by atoms with Gasteiger partial charge in [0.2, 0.25) is 0 Å². The largest absolute Gasteiger partial charge is 0.493 e. The van der Waals surface area contributed by atoms with Crippen LogP contribution in [0.3, 0.4) is 0 Å². The summed E-state index contributed by atoms with van der Waals surface area (Å²) in [4.78, 5) is 24.2. The van der Waals surface area contributed by atoms with Crippen LogP contribution in [-0.2, 0) is 27.3 Å². The normalized spacial score (nSPS) is 11.4. The molecule has 27 heavy (non-hydrogen) atoms. The van der Waals surface area contributed by atoms with E-state index in [1.54, 1.807) is 33.3 Å². The summed E-state index contributed by atoms with van der Waals surface area (Å²) >= 11 is 0. The van der Waals surface area contributed by atoms with Gasteiger partial charge in [0.1, 0.15) is 0 Å². The second-order valence-electron chi connectivity index (χ2n) is 6.20. The predicted molar refractivity (Wildman–Crippen MR) is 102 cm³/mol. The third-order valence-electron chi connectivity index (χ3n) is 4.06. The average molecular weight is 371 g/mol. The molecule has 0 aliphatic heterocycles. The third kappa shape index (κ3) is 6.02. The van der Waals surface area contributed by atoms with E-state index in [-0.39, 0.29) is 12.3 Å². The number of amides is 1. The van der Waals surface area contributed by atoms with Crippen LogP contribution in [0.1, 0.15) is 23.6 Å². The van der Waals surface area contributed by atoms with E-state index in [0.717, 1.165) is 16.7 Å². The summed E-state index contributed by atoms with van der Waals surface area (Å²) in [5.74, 6) is 0.405. The van der Waals surface area contributed by atoms with Crippen LogP contribution in [-0.4, -0.2) is 32.2 Å². The van der Waals surface area contributed by atoms with Crippen LogP contribution in [0.5, 0.6) is 11.5 Å². The molecule has 0 aromatic heterocycles. The van der Waals surface area contributed by atoms with Gasteiger partial charge in [0.05, 0.1) is 20.6 Å². The Morgan fingerprint density at radius 3 is 2.22 bits per heavy atom. The monoisotopic (exact) mass is 371 g/mol. The van der Waals surface area contributed by atoms with Gasteiger partial charge < -0.3 is 19.5 Å². The van der Waals surface area contributed by atoms with Crippen molar-refractivity contribution in [1.82, 2.24) is 5.32 Å². The number of aryl methyl sites for hydroxylation is 1. The second kappa shape index (κ2) is 9.62. The molecule has 0 saturated heterocycles. The maximum absolute atomic E-state index is 12.2. The summed E-state index contributed by atoms with van der Waals surface area (Å²) in [6.07, 6.45) is -0.740. The van der Waals surface area contributed by atoms with Gasteiger partial charge in [-0.3, -0.25) is 9.59 Å². The Balaban J connectivity index is 1.84. The molecule has 144 valence electrons. The first-order valence-corrected chi connectivity index (χ1v) is 8.66. The lowest BCUT2D eigenvalue weighted by Gasteiger charge is -2.14. The summed E-state index contributed by atoms with van der Waals surface area (Å²) in [5.41, 5.74) is 2.82. The minimum atomic E-state index is -0.872. The molecule has 1 atom stereocenters. The van der Waals surface area contributed by atoms with Gasteiger partial charge in [0.25, 0.3) is 5.91 Å². The van der Waals surface area contributed by atoms with Crippen molar-refractivity contribution in [2.24, 2.45) is 0 Å². The van der Waals surface area contributed by atoms with Crippen molar-refractivity contribution < 1.29 is 23.8 Å². The Morgan fingerprint density at radius 2 is 1.59 bits per heavy atom. The highest BCUT2D eigenvalue weighted by Gasteiger charge is 2.18. The minimum absolute atomic E-state index is 0.133. The molecule has 1 N–H and O–H groups in total. The van der Waals surface area contributed by atoms with Crippen molar-refractivity contribution in [3.8, 4) is 11.5 Å². The molecule has 0 bridgehead atoms. The second-order valence-corrected chi connectivity index (χ2v) is 6.20. The number of methoxy groups -OCH3 is 2. The van der Waals surface area contributed by atoms with Crippen LogP contribution in [0.2, 0.25) is 0 Å². The number of carbonyl (C=O) groups is 2. The Bertz CT molecular complexity index is 786. The first kappa shape index (κ1) is 20.3. The van der Waals surface area contributed by atoms with Crippen molar-refractivity contribution in [2.75, 3.05) is 14.2 Å². The lowest BCUT2D eigenvalue weighted by atomic mass is 10.1. The number of nitrogens with one attached hydrogen (secondary N) is 1. The van der Waals surface area contributed by atoms with Gasteiger partial charge in [-0.25, -0.2) is 0 Å². The molecule has 0 unspecified atom stereocenters. The van der Waals surface area contributed by atoms with E-state index < -0.39 is 12.1 Å². The van der Waals surface area contributed by atoms with E-state index in [0.29, 0.717) is 18.0 Å². The van der Waals surface area contributed by atoms with Gasteiger partial charge in [-0.1, -0.05) is 35.9 Å². The molecule has 0 radical (unpaired) electrons. The van der Waals surface area contributed by atoms with Gasteiger partial charge >= 0.3 is 5.97 Å². The van der Waals surface area contributed by atoms with E-state index in [2.05, 4.69) is 5.32 Å². The third-order valence-corrected chi connectivity index (χ3v) is 4.06. The van der Waals surface area contributed by atoms with Crippen LogP contribution >= 0.6 is 0 Å². The quantitative estimate of drug-likeness (QED) is 0.723. The molecule has 0 saturated carbocycles. The Kier molecular flexibility index (Phi) is 7.23. The zero-order chi connectivity index (χ0) is 19.8. The summed E-state index contributed by atoms with van der Waals surface area (Å²) in [5, 5.41) is 2.75. The predicted octanol–water partition coefficient (Wildman–Crippen LogP) is 2.80. The molecule has 2 rings (SSSR count). The number of hydrogen-bond donors (Lipinski definition) is 1. The van der Waals surface area contributed by atoms with E-state index in [9.17, 15) is 9.59 Å². The number of ether oxygens (including phenoxy) is 3. The average Bonchev–Trinajstić information content (AvgIpc) is 2.67. The van der Waals surface area contributed by atoms with Gasteiger partial charge in [-0.05, 0) is 37.1 Å². The summed E-state index contributed by atoms with van der Waals surface area (Å²) in [7, 11) is 3.11. The minimum Gasteiger partial charge on any atom is -0.493 e. The molecular weight excluding hydrogens is 346 g/mol. The first-order chi connectivity index (χ1) is 12.9. The Morgan fingerprint density at radius 1 is 0.963 bits per heavy atom. The smallest absolute Gasteiger partial charge is 0.311 e. The molecule has 0 aliphatic carbocycles. The van der Waals surface area contributed by atoms with Crippen LogP contribution in [0.15, 0.2) is 42.5 Å². The summed E-state index contributed by atoms with van der Waals surface area (Å²) in [6, 6.07) is 13.0. The Labute approximate surface area is 159 Å². The molecule has 1 amide bonds. The molecule has 2 aromatic rings. The fraction of sp³-hybridized carbons (Fsp3) is 0.333. The van der Waals surface area contributed by atoms with Crippen molar-refractivity contribution in [1.29, 1.82) is 0 Å². The molecule has 0 heterocycles. The Hall–Kier alpha value is -3.02. The van der Waals surface area contributed by atoms with Crippen LogP contribution in [0.25, 0.3) is 0 Å². The van der Waals surface area contributed by atoms with Crippen LogP contribution in [0, 0.1) is 6.92 Å². The molecule has 6 nitrogen and oxygen atoms in total. The maximum atomic E-state index is 12.2. The van der Waals surface area contributed by atoms with Gasteiger partial charge in [-0.15, -0.1) is 0 Å². The number of carbonyl (C=O) groups excluding carboxylic acids is 2. The molecular formula is C21H25NO5. The van der Waals surface area contributed by atoms with E-state index in [1.807, 2.05) is 37.3 Å². The van der Waals surface area contributed by atoms with Crippen LogP contribution < -0.4 is 14.8 Å². The zero-order valence-electron chi connectivity index (χ0n) is 16.1. The lowest BCUT2D eigenvalue weighted by molar-refractivity contribution is -0.154. The van der Waals surface area contributed by atoms with Crippen molar-refractivity contribution >= 4 is 11.9 Å². The standard InChI is InChI=1S/C21H25NO5/c1-14-5-7-16(8-6-14)12-20(23)27-15(2)21(24)22-13-17-9-10-18(25-3)19(11-17)26-4/h5-11,15H,12-13H2,1-4H3,(H,22,24)/t15-/m1/s1. The van der Waals surface area contributed by atoms with E-state index in [1.165, 1.54) is 0 Å². The number of esters is 1. The number of rotatable bonds is 8. The summed E-state index contributed by atoms with van der Waals surface area (Å²) in [6.45, 7) is 3.82. The van der Waals surface area contributed by atoms with Crippen molar-refractivity contribution in [2.45, 2.75) is 32.9 Å². The number of benzene rings is 2. The van der Waals surface area contributed by atoms with Gasteiger partial charge in [-0.2, -0.15) is 0 Å². The highest BCUT2D eigenvalue weighted by atomic mass is 16.5. The van der Waals surface area contributed by atoms with Crippen molar-refractivity contribution in [3.63, 3.8) is 0 Å². The topological polar surface area (TPSA) is 73.9 Å². The van der Waals surface area contributed by atoms with Crippen LogP contribution in [0.4, 0.5) is 0 Å². The zero-order valence-corrected chi connectivity index (χ0v) is 16.1. The maximum Gasteiger partial charge on any atom is 0.311 e. The van der Waals surface area contributed by atoms with E-state index in [4.69, 9.17) is 14.2 Å². The molecule has 0 aliphatic rings. The SMILES string of the molecule is COc1ccc(CNC(=O)[C@@H](C)OC(=O)Cc2ccc(C)cc2)cc1OC. The van der Waals surface area contributed by atoms with E-state index >= 15 is 0 Å². The lowest BCUT2D eigenvalue weighted by Crippen LogP contribution is -2.35. The molecule has 2 aromatic carbocycles. The number of hydrogen-bond acceptors (Lipinski definition) is 5. The molecule has 0 spiro atoms.